The van der Waals surface area contributed by atoms with E-state index in [1.165, 1.54) is 56.1 Å². The van der Waals surface area contributed by atoms with Crippen LogP contribution < -0.4 is 0 Å². The summed E-state index contributed by atoms with van der Waals surface area (Å²) in [5.41, 5.74) is 2.69. The van der Waals surface area contributed by atoms with Crippen molar-refractivity contribution < 1.29 is 0 Å². The number of rotatable bonds is 12. The van der Waals surface area contributed by atoms with Crippen LogP contribution in [0.1, 0.15) is 62.5 Å². The minimum atomic E-state index is -2.38. The van der Waals surface area contributed by atoms with Crippen LogP contribution in [-0.2, 0) is 12.3 Å². The number of alkyl halides is 1. The fraction of sp³-hybridized carbons (Fsp3) is 0.647. The monoisotopic (exact) mass is 398 g/mol. The molecule has 0 spiro atoms. The highest BCUT2D eigenvalue weighted by Crippen LogP contribution is 2.27. The molecule has 126 valence electrons. The summed E-state index contributed by atoms with van der Waals surface area (Å²) in [7, 11) is 0. The van der Waals surface area contributed by atoms with Gasteiger partial charge in [-0.3, -0.25) is 0 Å². The maximum absolute atomic E-state index is 5.96. The average Bonchev–Trinajstić information content (AvgIpc) is 2.48. The normalized spacial score (nSPS) is 11.8. The molecule has 0 bridgehead atoms. The molecule has 0 atom stereocenters. The van der Waals surface area contributed by atoms with Crippen LogP contribution in [0.5, 0.6) is 0 Å². The second-order valence-corrected chi connectivity index (χ2v) is 15.4. The molecular formula is C17H26Cl4Si. The Kier molecular flexibility index (Phi) is 11.3. The van der Waals surface area contributed by atoms with Crippen LogP contribution in [0.2, 0.25) is 6.04 Å². The van der Waals surface area contributed by atoms with Crippen LogP contribution in [0.25, 0.3) is 0 Å². The minimum absolute atomic E-state index is 0.618. The quantitative estimate of drug-likeness (QED) is 0.146. The molecule has 1 rings (SSSR count). The van der Waals surface area contributed by atoms with Crippen molar-refractivity contribution in [2.75, 3.05) is 0 Å². The van der Waals surface area contributed by atoms with E-state index >= 15 is 0 Å². The zero-order valence-corrected chi connectivity index (χ0v) is 17.1. The Labute approximate surface area is 155 Å². The smallest absolute Gasteiger partial charge is 0.126 e. The molecule has 1 aromatic carbocycles. The Balaban J connectivity index is 1.96. The standard InChI is InChI=1S/C17H26Cl4Si/c18-15-17-13-9-8-12-16(17)11-7-5-3-1-2-4-6-10-14-22(19,20)21/h8-9,12-13H,1-7,10-11,14-15H2. The Morgan fingerprint density at radius 1 is 0.682 bits per heavy atom. The number of hydrogen-bond donors (Lipinski definition) is 0. The molecule has 0 radical (unpaired) electrons. The number of benzene rings is 1. The first-order chi connectivity index (χ1) is 10.5. The molecule has 0 saturated carbocycles. The number of halogens is 4. The molecule has 22 heavy (non-hydrogen) atoms. The summed E-state index contributed by atoms with van der Waals surface area (Å²) in [4.78, 5) is 0. The van der Waals surface area contributed by atoms with Crippen LogP contribution in [0.3, 0.4) is 0 Å². The van der Waals surface area contributed by atoms with Crippen LogP contribution in [0.4, 0.5) is 0 Å². The highest BCUT2D eigenvalue weighted by Gasteiger charge is 2.23. The van der Waals surface area contributed by atoms with E-state index in [1.807, 2.05) is 0 Å². The first kappa shape index (κ1) is 20.6. The second kappa shape index (κ2) is 12.0. The minimum Gasteiger partial charge on any atom is -0.126 e. The van der Waals surface area contributed by atoms with E-state index in [4.69, 9.17) is 44.8 Å². The highest BCUT2D eigenvalue weighted by atomic mass is 35.8. The van der Waals surface area contributed by atoms with E-state index in [-0.39, 0.29) is 0 Å². The van der Waals surface area contributed by atoms with Gasteiger partial charge in [-0.1, -0.05) is 69.2 Å². The largest absolute Gasteiger partial charge is 0.341 e. The molecule has 0 nitrogen and oxygen atoms in total. The predicted molar refractivity (Wildman–Crippen MR) is 105 cm³/mol. The van der Waals surface area contributed by atoms with Gasteiger partial charge < -0.3 is 0 Å². The van der Waals surface area contributed by atoms with Crippen molar-refractivity contribution in [1.82, 2.24) is 0 Å². The first-order valence-electron chi connectivity index (χ1n) is 8.22. The third-order valence-corrected chi connectivity index (χ3v) is 6.83. The summed E-state index contributed by atoms with van der Waals surface area (Å²) in [6, 6.07) is 6.92. The molecule has 5 heteroatoms. The molecule has 0 aromatic heterocycles. The van der Waals surface area contributed by atoms with Crippen LogP contribution in [-0.4, -0.2) is 6.00 Å². The maximum atomic E-state index is 5.96. The van der Waals surface area contributed by atoms with Crippen molar-refractivity contribution >= 4 is 50.8 Å². The van der Waals surface area contributed by atoms with Crippen LogP contribution in [0.15, 0.2) is 24.3 Å². The van der Waals surface area contributed by atoms with Gasteiger partial charge in [-0.05, 0) is 30.0 Å². The molecule has 0 fully saturated rings. The molecule has 0 heterocycles. The highest BCUT2D eigenvalue weighted by molar-refractivity contribution is 7.64. The Morgan fingerprint density at radius 3 is 1.73 bits per heavy atom. The second-order valence-electron chi connectivity index (χ2n) is 5.85. The van der Waals surface area contributed by atoms with E-state index in [1.54, 1.807) is 0 Å². The lowest BCUT2D eigenvalue weighted by molar-refractivity contribution is 0.575. The van der Waals surface area contributed by atoms with Crippen LogP contribution in [0, 0.1) is 0 Å². The molecule has 0 N–H and O–H groups in total. The summed E-state index contributed by atoms with van der Waals surface area (Å²) < 4.78 is 0. The van der Waals surface area contributed by atoms with Crippen molar-refractivity contribution in [1.29, 1.82) is 0 Å². The Morgan fingerprint density at radius 2 is 1.18 bits per heavy atom. The van der Waals surface area contributed by atoms with Crippen molar-refractivity contribution in [2.24, 2.45) is 0 Å². The third-order valence-electron chi connectivity index (χ3n) is 3.92. The van der Waals surface area contributed by atoms with E-state index in [0.29, 0.717) is 5.88 Å². The summed E-state index contributed by atoms with van der Waals surface area (Å²) in [5, 5.41) is 0. The lowest BCUT2D eigenvalue weighted by Gasteiger charge is -2.07. The lowest BCUT2D eigenvalue weighted by Crippen LogP contribution is -2.07. The number of unbranched alkanes of at least 4 members (excludes halogenated alkanes) is 7. The van der Waals surface area contributed by atoms with E-state index < -0.39 is 6.00 Å². The summed E-state index contributed by atoms with van der Waals surface area (Å²) >= 11 is 23.6. The number of hydrogen-bond acceptors (Lipinski definition) is 0. The molecule has 0 aliphatic rings. The van der Waals surface area contributed by atoms with Crippen molar-refractivity contribution in [3.05, 3.63) is 35.4 Å². The molecule has 1 aromatic rings. The van der Waals surface area contributed by atoms with Gasteiger partial charge in [0.2, 0.25) is 0 Å². The van der Waals surface area contributed by atoms with Gasteiger partial charge in [-0.15, -0.1) is 44.8 Å². The van der Waals surface area contributed by atoms with Gasteiger partial charge in [-0.2, -0.15) is 0 Å². The van der Waals surface area contributed by atoms with Crippen LogP contribution >= 0.6 is 44.8 Å². The van der Waals surface area contributed by atoms with Gasteiger partial charge in [-0.25, -0.2) is 0 Å². The van der Waals surface area contributed by atoms with Gasteiger partial charge >= 0.3 is 6.00 Å². The maximum Gasteiger partial charge on any atom is 0.341 e. The molecule has 0 aliphatic heterocycles. The topological polar surface area (TPSA) is 0 Å². The van der Waals surface area contributed by atoms with E-state index in [0.717, 1.165) is 18.9 Å². The summed E-state index contributed by atoms with van der Waals surface area (Å²) in [6.07, 6.45) is 11.2. The fourth-order valence-electron chi connectivity index (χ4n) is 2.63. The van der Waals surface area contributed by atoms with Gasteiger partial charge in [0, 0.05) is 5.88 Å². The van der Waals surface area contributed by atoms with Gasteiger partial charge in [0.25, 0.3) is 0 Å². The van der Waals surface area contributed by atoms with Gasteiger partial charge in [0.1, 0.15) is 0 Å². The average molecular weight is 400 g/mol. The summed E-state index contributed by atoms with van der Waals surface area (Å²) in [6.45, 7) is 0. The molecule has 0 amide bonds. The third kappa shape index (κ3) is 10.4. The molecule has 0 unspecified atom stereocenters. The zero-order chi connectivity index (χ0) is 16.3. The van der Waals surface area contributed by atoms with Crippen molar-refractivity contribution in [3.8, 4) is 0 Å². The van der Waals surface area contributed by atoms with Gasteiger partial charge in [0.15, 0.2) is 0 Å². The molecule has 0 saturated heterocycles. The Bertz CT molecular complexity index is 404. The van der Waals surface area contributed by atoms with Crippen molar-refractivity contribution in [3.63, 3.8) is 0 Å². The predicted octanol–water partition coefficient (Wildman–Crippen LogP) is 7.74. The SMILES string of the molecule is ClCc1ccccc1CCCCCCCCCC[Si](Cl)(Cl)Cl. The fourth-order valence-corrected chi connectivity index (χ4v) is 4.75. The zero-order valence-electron chi connectivity index (χ0n) is 13.1. The van der Waals surface area contributed by atoms with Gasteiger partial charge in [0.05, 0.1) is 0 Å². The van der Waals surface area contributed by atoms with Crippen molar-refractivity contribution in [2.45, 2.75) is 69.7 Å². The van der Waals surface area contributed by atoms with E-state index in [9.17, 15) is 0 Å². The summed E-state index contributed by atoms with van der Waals surface area (Å²) in [5.74, 6) is 0.618. The van der Waals surface area contributed by atoms with E-state index in [2.05, 4.69) is 24.3 Å². The Hall–Kier alpha value is 0.597. The lowest BCUT2D eigenvalue weighted by atomic mass is 10.0. The molecule has 0 aliphatic carbocycles. The number of aryl methyl sites for hydroxylation is 1. The first-order valence-corrected chi connectivity index (χ1v) is 14.0. The molecular weight excluding hydrogens is 374 g/mol.